The van der Waals surface area contributed by atoms with Crippen molar-refractivity contribution in [3.05, 3.63) is 38.7 Å². The third kappa shape index (κ3) is 4.92. The van der Waals surface area contributed by atoms with Gasteiger partial charge in [0.15, 0.2) is 0 Å². The number of ether oxygens (including phenoxy) is 2. The molecule has 0 amide bonds. The van der Waals surface area contributed by atoms with Crippen molar-refractivity contribution in [1.82, 2.24) is 0 Å². The molecule has 0 fully saturated rings. The first kappa shape index (κ1) is 16.6. The average Bonchev–Trinajstić information content (AvgIpc) is 2.38. The lowest BCUT2D eigenvalue weighted by Crippen LogP contribution is -2.27. The minimum absolute atomic E-state index is 0.0285. The smallest absolute Gasteiger partial charge is 0.319 e. The summed E-state index contributed by atoms with van der Waals surface area (Å²) >= 11 is 5.53. The van der Waals surface area contributed by atoms with E-state index in [9.17, 15) is 19.6 Å². The largest absolute Gasteiger partial charge is 0.506 e. The summed E-state index contributed by atoms with van der Waals surface area (Å²) < 4.78 is 23.6. The molecular formula is C12H15ClFNO5. The average molecular weight is 308 g/mol. The second-order valence-electron chi connectivity index (χ2n) is 3.91. The lowest BCUT2D eigenvalue weighted by atomic mass is 10.1. The van der Waals surface area contributed by atoms with Crippen LogP contribution >= 0.6 is 11.6 Å². The first-order valence-electron chi connectivity index (χ1n) is 5.95. The number of halogens is 2. The normalized spacial score (nSPS) is 12.3. The summed E-state index contributed by atoms with van der Waals surface area (Å²) in [4.78, 5) is 10.2. The van der Waals surface area contributed by atoms with Gasteiger partial charge >= 0.3 is 6.23 Å². The van der Waals surface area contributed by atoms with Crippen molar-refractivity contribution >= 4 is 11.6 Å². The fourth-order valence-electron chi connectivity index (χ4n) is 1.51. The Labute approximate surface area is 120 Å². The maximum absolute atomic E-state index is 13.6. The van der Waals surface area contributed by atoms with Gasteiger partial charge in [0.2, 0.25) is 0 Å². The van der Waals surface area contributed by atoms with Crippen LogP contribution in [0.2, 0.25) is 5.02 Å². The van der Waals surface area contributed by atoms with Crippen LogP contribution in [0.5, 0.6) is 5.75 Å². The van der Waals surface area contributed by atoms with Crippen molar-refractivity contribution in [2.45, 2.75) is 19.6 Å². The molecule has 1 atom stereocenters. The molecule has 0 saturated heterocycles. The predicted octanol–water partition coefficient (Wildman–Crippen LogP) is 2.38. The Kier molecular flexibility index (Phi) is 6.63. The van der Waals surface area contributed by atoms with E-state index in [-0.39, 0.29) is 36.0 Å². The van der Waals surface area contributed by atoms with Crippen LogP contribution in [0.15, 0.2) is 12.1 Å². The van der Waals surface area contributed by atoms with Gasteiger partial charge in [0.05, 0.1) is 29.6 Å². The zero-order valence-electron chi connectivity index (χ0n) is 10.8. The van der Waals surface area contributed by atoms with Crippen molar-refractivity contribution in [2.75, 3.05) is 19.8 Å². The van der Waals surface area contributed by atoms with Crippen LogP contribution in [0.25, 0.3) is 0 Å². The maximum Gasteiger partial charge on any atom is 0.319 e. The van der Waals surface area contributed by atoms with Crippen molar-refractivity contribution in [3.8, 4) is 5.75 Å². The summed E-state index contributed by atoms with van der Waals surface area (Å²) in [6, 6.07) is 1.96. The first-order valence-corrected chi connectivity index (χ1v) is 6.33. The van der Waals surface area contributed by atoms with E-state index >= 15 is 0 Å². The zero-order valence-corrected chi connectivity index (χ0v) is 11.6. The van der Waals surface area contributed by atoms with E-state index in [0.717, 1.165) is 12.1 Å². The van der Waals surface area contributed by atoms with E-state index in [0.29, 0.717) is 6.61 Å². The van der Waals surface area contributed by atoms with Crippen molar-refractivity contribution in [2.24, 2.45) is 0 Å². The van der Waals surface area contributed by atoms with E-state index in [1.165, 1.54) is 0 Å². The quantitative estimate of drug-likeness (QED) is 0.345. The van der Waals surface area contributed by atoms with Crippen molar-refractivity contribution in [1.29, 1.82) is 0 Å². The fraction of sp³-hybridized carbons (Fsp3) is 0.500. The Bertz CT molecular complexity index is 471. The molecule has 1 rings (SSSR count). The molecule has 0 aliphatic rings. The molecular weight excluding hydrogens is 293 g/mol. The van der Waals surface area contributed by atoms with Gasteiger partial charge in [0, 0.05) is 12.2 Å². The maximum atomic E-state index is 13.6. The van der Waals surface area contributed by atoms with Gasteiger partial charge in [0.25, 0.3) is 0 Å². The summed E-state index contributed by atoms with van der Waals surface area (Å²) in [6.07, 6.45) is -1.72. The van der Waals surface area contributed by atoms with E-state index in [1.807, 2.05) is 0 Å². The molecule has 0 aliphatic carbocycles. The Morgan fingerprint density at radius 2 is 2.20 bits per heavy atom. The number of phenols is 1. The van der Waals surface area contributed by atoms with Crippen LogP contribution in [-0.4, -0.2) is 36.1 Å². The number of aromatic hydroxyl groups is 1. The minimum atomic E-state index is -1.41. The molecule has 112 valence electrons. The van der Waals surface area contributed by atoms with Gasteiger partial charge < -0.3 is 14.6 Å². The molecule has 0 radical (unpaired) electrons. The topological polar surface area (TPSA) is 81.8 Å². The van der Waals surface area contributed by atoms with Crippen molar-refractivity contribution in [3.63, 3.8) is 0 Å². The highest BCUT2D eigenvalue weighted by molar-refractivity contribution is 6.32. The van der Waals surface area contributed by atoms with E-state index in [2.05, 4.69) is 0 Å². The van der Waals surface area contributed by atoms with Gasteiger partial charge in [-0.05, 0) is 19.1 Å². The number of hydrogen-bond acceptors (Lipinski definition) is 5. The second-order valence-corrected chi connectivity index (χ2v) is 4.31. The number of nitrogens with zero attached hydrogens (tertiary/aromatic N) is 1. The number of hydrogen-bond donors (Lipinski definition) is 1. The lowest BCUT2D eigenvalue weighted by Gasteiger charge is -2.12. The number of rotatable bonds is 8. The summed E-state index contributed by atoms with van der Waals surface area (Å²) in [6.45, 7) is 2.51. The van der Waals surface area contributed by atoms with Crippen LogP contribution in [0, 0.1) is 15.9 Å². The highest BCUT2D eigenvalue weighted by Gasteiger charge is 2.23. The summed E-state index contributed by atoms with van der Waals surface area (Å²) in [5.74, 6) is -1.06. The Balaban J connectivity index is 2.70. The number of phenolic OH excluding ortho intramolecular Hbond substituents is 1. The van der Waals surface area contributed by atoms with Crippen LogP contribution in [0.1, 0.15) is 12.5 Å². The van der Waals surface area contributed by atoms with Crippen LogP contribution in [-0.2, 0) is 15.9 Å². The van der Waals surface area contributed by atoms with Gasteiger partial charge in [-0.1, -0.05) is 11.6 Å². The fourth-order valence-corrected chi connectivity index (χ4v) is 1.66. The molecule has 0 saturated carbocycles. The molecule has 0 aliphatic heterocycles. The van der Waals surface area contributed by atoms with Gasteiger partial charge in [-0.2, -0.15) is 0 Å². The van der Waals surface area contributed by atoms with Crippen LogP contribution < -0.4 is 0 Å². The summed E-state index contributed by atoms with van der Waals surface area (Å²) in [5.41, 5.74) is -0.0370. The minimum Gasteiger partial charge on any atom is -0.506 e. The molecule has 1 aromatic carbocycles. The molecule has 0 spiro atoms. The van der Waals surface area contributed by atoms with E-state index in [1.54, 1.807) is 6.92 Å². The molecule has 6 nitrogen and oxygen atoms in total. The number of nitro groups is 1. The summed E-state index contributed by atoms with van der Waals surface area (Å²) in [5, 5.41) is 20.1. The molecule has 8 heteroatoms. The SMILES string of the molecule is CCOCCOC(Cc1cc(O)c(Cl)cc1F)[N+](=O)[O-]. The highest BCUT2D eigenvalue weighted by Crippen LogP contribution is 2.27. The van der Waals surface area contributed by atoms with Crippen molar-refractivity contribution < 1.29 is 23.9 Å². The van der Waals surface area contributed by atoms with Gasteiger partial charge in [0.1, 0.15) is 11.6 Å². The summed E-state index contributed by atoms with van der Waals surface area (Å²) in [7, 11) is 0. The Hall–Kier alpha value is -1.44. The molecule has 20 heavy (non-hydrogen) atoms. The molecule has 0 bridgehead atoms. The highest BCUT2D eigenvalue weighted by atomic mass is 35.5. The van der Waals surface area contributed by atoms with E-state index in [4.69, 9.17) is 21.1 Å². The van der Waals surface area contributed by atoms with Crippen LogP contribution in [0.3, 0.4) is 0 Å². The molecule has 1 unspecified atom stereocenters. The Morgan fingerprint density at radius 1 is 1.50 bits per heavy atom. The van der Waals surface area contributed by atoms with Gasteiger partial charge in [-0.3, -0.25) is 10.1 Å². The molecule has 1 N–H and O–H groups in total. The van der Waals surface area contributed by atoms with E-state index < -0.39 is 17.0 Å². The third-order valence-electron chi connectivity index (χ3n) is 2.49. The monoisotopic (exact) mass is 307 g/mol. The standard InChI is InChI=1S/C12H15ClFNO5/c1-2-19-3-4-20-12(15(17)18)6-8-5-11(16)9(13)7-10(8)14/h5,7,12,16H,2-4,6H2,1H3. The molecule has 1 aromatic rings. The predicted molar refractivity (Wildman–Crippen MR) is 70.0 cm³/mol. The van der Waals surface area contributed by atoms with Gasteiger partial charge in [-0.25, -0.2) is 4.39 Å². The second kappa shape index (κ2) is 7.98. The lowest BCUT2D eigenvalue weighted by molar-refractivity contribution is -0.575. The van der Waals surface area contributed by atoms with Crippen LogP contribution in [0.4, 0.5) is 4.39 Å². The molecule has 0 heterocycles. The Morgan fingerprint density at radius 3 is 2.80 bits per heavy atom. The number of benzene rings is 1. The first-order chi connectivity index (χ1) is 9.45. The zero-order chi connectivity index (χ0) is 15.1. The molecule has 0 aromatic heterocycles. The third-order valence-corrected chi connectivity index (χ3v) is 2.79. The van der Waals surface area contributed by atoms with Gasteiger partial charge in [-0.15, -0.1) is 0 Å².